The van der Waals surface area contributed by atoms with Gasteiger partial charge in [-0.2, -0.15) is 0 Å². The minimum Gasteiger partial charge on any atom is -0.360 e. The lowest BCUT2D eigenvalue weighted by atomic mass is 10.2. The second-order valence-corrected chi connectivity index (χ2v) is 6.47. The highest BCUT2D eigenvalue weighted by atomic mass is 16.5. The number of carbonyl (C=O) groups excluding carboxylic acids is 1. The maximum atomic E-state index is 13.0. The van der Waals surface area contributed by atoms with Gasteiger partial charge >= 0.3 is 0 Å². The molecular formula is C19H18N6O3. The minimum atomic E-state index is -0.545. The number of fused-ring (bicyclic) bond motifs is 2. The zero-order valence-electron chi connectivity index (χ0n) is 15.6. The molecule has 0 spiro atoms. The maximum Gasteiger partial charge on any atom is 0.267 e. The molecule has 0 saturated heterocycles. The number of amides is 1. The van der Waals surface area contributed by atoms with E-state index in [0.717, 1.165) is 5.56 Å². The molecule has 28 heavy (non-hydrogen) atoms. The first-order valence-electron chi connectivity index (χ1n) is 8.75. The number of nitrogens with zero attached hydrogens (tertiary/aromatic N) is 4. The molecule has 0 bridgehead atoms. The van der Waals surface area contributed by atoms with E-state index in [1.54, 1.807) is 29.8 Å². The van der Waals surface area contributed by atoms with Crippen molar-refractivity contribution in [2.24, 2.45) is 0 Å². The molecule has 9 nitrogen and oxygen atoms in total. The highest BCUT2D eigenvalue weighted by Crippen LogP contribution is 2.14. The Balaban J connectivity index is 1.98. The third kappa shape index (κ3) is 2.68. The maximum absolute atomic E-state index is 13.0. The number of hydrogen-bond acceptors (Lipinski definition) is 6. The molecule has 2 N–H and O–H groups in total. The summed E-state index contributed by atoms with van der Waals surface area (Å²) in [5.74, 6) is 0.248. The van der Waals surface area contributed by atoms with E-state index in [1.807, 2.05) is 19.9 Å². The smallest absolute Gasteiger partial charge is 0.267 e. The van der Waals surface area contributed by atoms with E-state index < -0.39 is 5.91 Å². The third-order valence-corrected chi connectivity index (χ3v) is 4.56. The molecule has 1 amide bonds. The topological polar surface area (TPSA) is 118 Å². The molecule has 0 aromatic carbocycles. The van der Waals surface area contributed by atoms with Gasteiger partial charge in [0.15, 0.2) is 5.82 Å². The molecule has 0 unspecified atom stereocenters. The molecule has 142 valence electrons. The van der Waals surface area contributed by atoms with Crippen LogP contribution < -0.4 is 16.4 Å². The van der Waals surface area contributed by atoms with Crippen molar-refractivity contribution in [2.75, 3.05) is 5.32 Å². The molecule has 0 atom stereocenters. The van der Waals surface area contributed by atoms with Gasteiger partial charge in [-0.1, -0.05) is 11.2 Å². The van der Waals surface area contributed by atoms with Gasteiger partial charge in [-0.15, -0.1) is 0 Å². The summed E-state index contributed by atoms with van der Waals surface area (Å²) in [6.45, 7) is 5.79. The Labute approximate surface area is 158 Å². The monoisotopic (exact) mass is 378 g/mol. The summed E-state index contributed by atoms with van der Waals surface area (Å²) in [5, 5.41) is 15.1. The summed E-state index contributed by atoms with van der Waals surface area (Å²) in [7, 11) is 0. The van der Waals surface area contributed by atoms with Crippen molar-refractivity contribution < 1.29 is 9.32 Å². The Hall–Kier alpha value is -3.75. The van der Waals surface area contributed by atoms with Crippen LogP contribution >= 0.6 is 0 Å². The molecule has 0 fully saturated rings. The van der Waals surface area contributed by atoms with Gasteiger partial charge in [0.25, 0.3) is 11.5 Å². The molecule has 9 heteroatoms. The fraction of sp³-hybridized carbons (Fsp3) is 0.211. The molecule has 0 saturated carbocycles. The van der Waals surface area contributed by atoms with Crippen molar-refractivity contribution in [1.29, 1.82) is 5.41 Å². The molecule has 4 rings (SSSR count). The van der Waals surface area contributed by atoms with Crippen LogP contribution in [-0.2, 0) is 6.54 Å². The Morgan fingerprint density at radius 2 is 2.07 bits per heavy atom. The van der Waals surface area contributed by atoms with Crippen LogP contribution in [0.5, 0.6) is 0 Å². The van der Waals surface area contributed by atoms with Crippen LogP contribution in [0, 0.1) is 19.3 Å². The van der Waals surface area contributed by atoms with E-state index >= 15 is 0 Å². The molecule has 0 aliphatic carbocycles. The summed E-state index contributed by atoms with van der Waals surface area (Å²) in [5.41, 5.74) is 1.48. The first-order valence-corrected chi connectivity index (χ1v) is 8.75. The second kappa shape index (κ2) is 6.45. The molecule has 0 aliphatic heterocycles. The van der Waals surface area contributed by atoms with Crippen LogP contribution in [0.4, 0.5) is 5.82 Å². The molecule has 4 aromatic heterocycles. The fourth-order valence-electron chi connectivity index (χ4n) is 3.19. The van der Waals surface area contributed by atoms with Crippen LogP contribution in [-0.4, -0.2) is 25.0 Å². The van der Waals surface area contributed by atoms with Crippen molar-refractivity contribution in [1.82, 2.24) is 19.1 Å². The summed E-state index contributed by atoms with van der Waals surface area (Å²) < 4.78 is 7.94. The average molecular weight is 378 g/mol. The number of pyridine rings is 2. The van der Waals surface area contributed by atoms with Gasteiger partial charge < -0.3 is 14.4 Å². The average Bonchev–Trinajstić information content (AvgIpc) is 3.07. The Kier molecular flexibility index (Phi) is 4.07. The van der Waals surface area contributed by atoms with Gasteiger partial charge in [0.1, 0.15) is 22.5 Å². The molecule has 4 aromatic rings. The first kappa shape index (κ1) is 17.7. The number of carbonyl (C=O) groups is 1. The molecule has 0 aliphatic rings. The predicted octanol–water partition coefficient (Wildman–Crippen LogP) is 2.01. The van der Waals surface area contributed by atoms with Gasteiger partial charge in [0.2, 0.25) is 0 Å². The van der Waals surface area contributed by atoms with E-state index in [1.165, 1.54) is 10.5 Å². The number of anilines is 1. The van der Waals surface area contributed by atoms with Gasteiger partial charge in [-0.05, 0) is 38.5 Å². The van der Waals surface area contributed by atoms with Crippen molar-refractivity contribution in [3.05, 3.63) is 63.2 Å². The van der Waals surface area contributed by atoms with Gasteiger partial charge in [-0.3, -0.25) is 19.4 Å². The number of hydrogen-bond donors (Lipinski definition) is 2. The lowest BCUT2D eigenvalue weighted by molar-refractivity contribution is 0.102. The first-order chi connectivity index (χ1) is 13.4. The molecule has 0 radical (unpaired) electrons. The van der Waals surface area contributed by atoms with E-state index in [0.29, 0.717) is 23.6 Å². The largest absolute Gasteiger partial charge is 0.360 e. The summed E-state index contributed by atoms with van der Waals surface area (Å²) >= 11 is 0. The lowest BCUT2D eigenvalue weighted by Crippen LogP contribution is -2.32. The van der Waals surface area contributed by atoms with Gasteiger partial charge in [-0.25, -0.2) is 4.98 Å². The third-order valence-electron chi connectivity index (χ3n) is 4.56. The Morgan fingerprint density at radius 1 is 1.29 bits per heavy atom. The Bertz CT molecular complexity index is 1360. The summed E-state index contributed by atoms with van der Waals surface area (Å²) in [4.78, 5) is 30.4. The lowest BCUT2D eigenvalue weighted by Gasteiger charge is -2.13. The van der Waals surface area contributed by atoms with Crippen molar-refractivity contribution in [3.8, 4) is 0 Å². The number of aromatic nitrogens is 4. The summed E-state index contributed by atoms with van der Waals surface area (Å²) in [6, 6.07) is 6.62. The SMILES string of the molecule is CCn1c(=N)c(C(=O)Nc2cc(C)on2)cc2c(=O)n3cccc(C)c3nc21. The van der Waals surface area contributed by atoms with Gasteiger partial charge in [0, 0.05) is 18.8 Å². The van der Waals surface area contributed by atoms with Crippen LogP contribution in [0.3, 0.4) is 0 Å². The minimum absolute atomic E-state index is 0.0300. The second-order valence-electron chi connectivity index (χ2n) is 6.47. The Morgan fingerprint density at radius 3 is 2.75 bits per heavy atom. The standard InChI is InChI=1S/C19H18N6O3/c1-4-24-15(20)12(18(26)21-14-8-11(3)28-23-14)9-13-17(24)22-16-10(2)6-5-7-25(16)19(13)27/h5-9,20H,4H2,1-3H3,(H,21,23,26). The quantitative estimate of drug-likeness (QED) is 0.529. The zero-order chi connectivity index (χ0) is 20.0. The molecule has 4 heterocycles. The van der Waals surface area contributed by atoms with E-state index in [2.05, 4.69) is 15.5 Å². The van der Waals surface area contributed by atoms with Gasteiger partial charge in [0.05, 0.1) is 10.9 Å². The highest BCUT2D eigenvalue weighted by molar-refractivity contribution is 6.05. The van der Waals surface area contributed by atoms with Crippen LogP contribution in [0.15, 0.2) is 39.8 Å². The predicted molar refractivity (Wildman–Crippen MR) is 102 cm³/mol. The van der Waals surface area contributed by atoms with Crippen LogP contribution in [0.1, 0.15) is 28.6 Å². The number of rotatable bonds is 3. The molecular weight excluding hydrogens is 360 g/mol. The van der Waals surface area contributed by atoms with Crippen molar-refractivity contribution in [2.45, 2.75) is 27.3 Å². The van der Waals surface area contributed by atoms with Crippen LogP contribution in [0.2, 0.25) is 0 Å². The van der Waals surface area contributed by atoms with Crippen LogP contribution in [0.25, 0.3) is 16.7 Å². The van der Waals surface area contributed by atoms with E-state index in [4.69, 9.17) is 9.93 Å². The van der Waals surface area contributed by atoms with Crippen molar-refractivity contribution in [3.63, 3.8) is 0 Å². The fourth-order valence-corrected chi connectivity index (χ4v) is 3.19. The summed E-state index contributed by atoms with van der Waals surface area (Å²) in [6.07, 6.45) is 1.64. The highest BCUT2D eigenvalue weighted by Gasteiger charge is 2.18. The zero-order valence-corrected chi connectivity index (χ0v) is 15.6. The number of nitrogens with one attached hydrogen (secondary N) is 2. The van der Waals surface area contributed by atoms with E-state index in [9.17, 15) is 9.59 Å². The van der Waals surface area contributed by atoms with E-state index in [-0.39, 0.29) is 27.8 Å². The van der Waals surface area contributed by atoms with Crippen molar-refractivity contribution >= 4 is 28.4 Å². The number of aryl methyl sites for hydroxylation is 3. The normalized spacial score (nSPS) is 11.2.